The van der Waals surface area contributed by atoms with Gasteiger partial charge in [-0.3, -0.25) is 19.7 Å². The summed E-state index contributed by atoms with van der Waals surface area (Å²) in [5.41, 5.74) is 3.35. The molecule has 2 heterocycles. The standard InChI is InChI=1S/C21H19ClN2O4/c22-10-13-4-6-14(7-5-13)12-28-18-3-1-2-15-16(18)11-24(21(15)27)17-8-9-19(25)23-20(17)26/h1-7,17H,8-12H2,(H,23,25,26). The molecule has 2 aromatic rings. The summed E-state index contributed by atoms with van der Waals surface area (Å²) < 4.78 is 5.97. The van der Waals surface area contributed by atoms with Crippen LogP contribution >= 0.6 is 11.6 Å². The summed E-state index contributed by atoms with van der Waals surface area (Å²) in [6, 6.07) is 12.5. The smallest absolute Gasteiger partial charge is 0.255 e. The van der Waals surface area contributed by atoms with Gasteiger partial charge in [-0.05, 0) is 29.7 Å². The van der Waals surface area contributed by atoms with Gasteiger partial charge in [0.2, 0.25) is 11.8 Å². The Balaban J connectivity index is 1.50. The molecule has 0 aliphatic carbocycles. The van der Waals surface area contributed by atoms with Crippen LogP contribution in [0.5, 0.6) is 5.75 Å². The quantitative estimate of drug-likeness (QED) is 0.620. The Kier molecular flexibility index (Phi) is 5.05. The van der Waals surface area contributed by atoms with Gasteiger partial charge in [0.25, 0.3) is 5.91 Å². The lowest BCUT2D eigenvalue weighted by Crippen LogP contribution is -2.52. The molecule has 6 nitrogen and oxygen atoms in total. The molecule has 1 fully saturated rings. The molecule has 2 aliphatic heterocycles. The normalized spacial score (nSPS) is 18.8. The van der Waals surface area contributed by atoms with Crippen molar-refractivity contribution in [2.24, 2.45) is 0 Å². The highest BCUT2D eigenvalue weighted by Crippen LogP contribution is 2.33. The molecule has 3 amide bonds. The third-order valence-electron chi connectivity index (χ3n) is 5.11. The summed E-state index contributed by atoms with van der Waals surface area (Å²) in [4.78, 5) is 37.9. The number of halogens is 1. The Morgan fingerprint density at radius 1 is 1.07 bits per heavy atom. The lowest BCUT2D eigenvalue weighted by Gasteiger charge is -2.29. The number of hydrogen-bond acceptors (Lipinski definition) is 4. The number of alkyl halides is 1. The van der Waals surface area contributed by atoms with E-state index in [9.17, 15) is 14.4 Å². The molecule has 1 N–H and O–H groups in total. The summed E-state index contributed by atoms with van der Waals surface area (Å²) in [5.74, 6) is 0.170. The van der Waals surface area contributed by atoms with E-state index in [1.165, 1.54) is 4.90 Å². The van der Waals surface area contributed by atoms with Gasteiger partial charge in [0, 0.05) is 23.4 Å². The first-order chi connectivity index (χ1) is 13.6. The predicted octanol–water partition coefficient (Wildman–Crippen LogP) is 2.77. The maximum Gasteiger partial charge on any atom is 0.255 e. The zero-order valence-electron chi connectivity index (χ0n) is 15.1. The van der Waals surface area contributed by atoms with Gasteiger partial charge in [0.15, 0.2) is 0 Å². The molecule has 144 valence electrons. The lowest BCUT2D eigenvalue weighted by atomic mass is 10.0. The maximum absolute atomic E-state index is 12.8. The Hall–Kier alpha value is -2.86. The summed E-state index contributed by atoms with van der Waals surface area (Å²) in [5, 5.41) is 2.31. The van der Waals surface area contributed by atoms with Crippen molar-refractivity contribution in [3.05, 3.63) is 64.7 Å². The van der Waals surface area contributed by atoms with Gasteiger partial charge in [-0.25, -0.2) is 0 Å². The first-order valence-electron chi connectivity index (χ1n) is 9.10. The molecule has 1 atom stereocenters. The molecule has 0 bridgehead atoms. The molecular formula is C21H19ClN2O4. The molecule has 28 heavy (non-hydrogen) atoms. The predicted molar refractivity (Wildman–Crippen MR) is 103 cm³/mol. The van der Waals surface area contributed by atoms with Crippen molar-refractivity contribution in [1.29, 1.82) is 0 Å². The van der Waals surface area contributed by atoms with Crippen molar-refractivity contribution >= 4 is 29.3 Å². The number of nitrogens with one attached hydrogen (secondary N) is 1. The second kappa shape index (κ2) is 7.64. The Bertz CT molecular complexity index is 942. The molecule has 1 unspecified atom stereocenters. The molecular weight excluding hydrogens is 380 g/mol. The minimum atomic E-state index is -0.631. The average Bonchev–Trinajstić information content (AvgIpc) is 3.04. The van der Waals surface area contributed by atoms with E-state index in [-0.39, 0.29) is 18.2 Å². The van der Waals surface area contributed by atoms with Gasteiger partial charge in [0.05, 0.1) is 6.54 Å². The van der Waals surface area contributed by atoms with Crippen LogP contribution in [0.3, 0.4) is 0 Å². The number of nitrogens with zero attached hydrogens (tertiary/aromatic N) is 1. The number of benzene rings is 2. The Morgan fingerprint density at radius 2 is 1.82 bits per heavy atom. The van der Waals surface area contributed by atoms with E-state index in [2.05, 4.69) is 5.32 Å². The second-order valence-corrected chi connectivity index (χ2v) is 7.19. The summed E-state index contributed by atoms with van der Waals surface area (Å²) in [6.45, 7) is 0.660. The van der Waals surface area contributed by atoms with Gasteiger partial charge < -0.3 is 9.64 Å². The zero-order valence-corrected chi connectivity index (χ0v) is 15.9. The van der Waals surface area contributed by atoms with E-state index in [0.717, 1.165) is 16.7 Å². The summed E-state index contributed by atoms with van der Waals surface area (Å²) in [6.07, 6.45) is 0.575. The van der Waals surface area contributed by atoms with E-state index in [0.29, 0.717) is 36.8 Å². The molecule has 0 spiro atoms. The van der Waals surface area contributed by atoms with Crippen LogP contribution in [0.2, 0.25) is 0 Å². The number of hydrogen-bond donors (Lipinski definition) is 1. The molecule has 4 rings (SSSR count). The van der Waals surface area contributed by atoms with Crippen LogP contribution in [0.25, 0.3) is 0 Å². The Labute approximate surface area is 167 Å². The lowest BCUT2D eigenvalue weighted by molar-refractivity contribution is -0.136. The maximum atomic E-state index is 12.8. The SMILES string of the molecule is O=C1CCC(N2Cc3c(OCc4ccc(CCl)cc4)cccc3C2=O)C(=O)N1. The van der Waals surface area contributed by atoms with Crippen molar-refractivity contribution in [3.8, 4) is 5.75 Å². The van der Waals surface area contributed by atoms with Gasteiger partial charge in [0.1, 0.15) is 18.4 Å². The summed E-state index contributed by atoms with van der Waals surface area (Å²) in [7, 11) is 0. The molecule has 0 radical (unpaired) electrons. The molecule has 2 aromatic carbocycles. The molecule has 0 saturated carbocycles. The number of fused-ring (bicyclic) bond motifs is 1. The average molecular weight is 399 g/mol. The van der Waals surface area contributed by atoms with Crippen molar-refractivity contribution in [2.45, 2.75) is 37.9 Å². The van der Waals surface area contributed by atoms with Crippen LogP contribution in [-0.2, 0) is 28.6 Å². The number of ether oxygens (including phenoxy) is 1. The van der Waals surface area contributed by atoms with Crippen LogP contribution in [0, 0.1) is 0 Å². The number of piperidine rings is 1. The fourth-order valence-electron chi connectivity index (χ4n) is 3.58. The Morgan fingerprint density at radius 3 is 2.54 bits per heavy atom. The molecule has 1 saturated heterocycles. The van der Waals surface area contributed by atoms with Crippen molar-refractivity contribution in [3.63, 3.8) is 0 Å². The molecule has 0 aromatic heterocycles. The van der Waals surface area contributed by atoms with Crippen LogP contribution in [0.4, 0.5) is 0 Å². The highest BCUT2D eigenvalue weighted by molar-refractivity contribution is 6.17. The number of amides is 3. The highest BCUT2D eigenvalue weighted by Gasteiger charge is 2.40. The second-order valence-electron chi connectivity index (χ2n) is 6.92. The van der Waals surface area contributed by atoms with Crippen LogP contribution < -0.4 is 10.1 Å². The molecule has 7 heteroatoms. The topological polar surface area (TPSA) is 75.7 Å². The van der Waals surface area contributed by atoms with E-state index < -0.39 is 11.9 Å². The fourth-order valence-corrected chi connectivity index (χ4v) is 3.76. The van der Waals surface area contributed by atoms with E-state index in [1.54, 1.807) is 12.1 Å². The number of carbonyl (C=O) groups excluding carboxylic acids is 3. The number of carbonyl (C=O) groups is 3. The van der Waals surface area contributed by atoms with Crippen LogP contribution in [-0.4, -0.2) is 28.7 Å². The van der Waals surface area contributed by atoms with Gasteiger partial charge in [-0.1, -0.05) is 30.3 Å². The fraction of sp³-hybridized carbons (Fsp3) is 0.286. The number of rotatable bonds is 5. The van der Waals surface area contributed by atoms with E-state index >= 15 is 0 Å². The summed E-state index contributed by atoms with van der Waals surface area (Å²) >= 11 is 5.81. The monoisotopic (exact) mass is 398 g/mol. The first-order valence-corrected chi connectivity index (χ1v) is 9.63. The molecule has 2 aliphatic rings. The third-order valence-corrected chi connectivity index (χ3v) is 5.42. The van der Waals surface area contributed by atoms with Crippen LogP contribution in [0.1, 0.15) is 39.9 Å². The van der Waals surface area contributed by atoms with Gasteiger partial charge >= 0.3 is 0 Å². The van der Waals surface area contributed by atoms with E-state index in [1.807, 2.05) is 30.3 Å². The van der Waals surface area contributed by atoms with E-state index in [4.69, 9.17) is 16.3 Å². The zero-order chi connectivity index (χ0) is 19.7. The highest BCUT2D eigenvalue weighted by atomic mass is 35.5. The largest absolute Gasteiger partial charge is 0.489 e. The van der Waals surface area contributed by atoms with Crippen molar-refractivity contribution < 1.29 is 19.1 Å². The first kappa shape index (κ1) is 18.5. The van der Waals surface area contributed by atoms with Crippen molar-refractivity contribution in [1.82, 2.24) is 10.2 Å². The van der Waals surface area contributed by atoms with Crippen LogP contribution in [0.15, 0.2) is 42.5 Å². The number of imide groups is 1. The minimum Gasteiger partial charge on any atom is -0.489 e. The minimum absolute atomic E-state index is 0.207. The van der Waals surface area contributed by atoms with Gasteiger partial charge in [-0.15, -0.1) is 11.6 Å². The van der Waals surface area contributed by atoms with Gasteiger partial charge in [-0.2, -0.15) is 0 Å². The third kappa shape index (κ3) is 3.47. The van der Waals surface area contributed by atoms with Crippen molar-refractivity contribution in [2.75, 3.05) is 0 Å².